The Balaban J connectivity index is 1.94. The summed E-state index contributed by atoms with van der Waals surface area (Å²) in [5, 5.41) is 0. The van der Waals surface area contributed by atoms with E-state index in [1.807, 2.05) is 0 Å². The molecule has 2 rings (SSSR count). The second-order valence-corrected chi connectivity index (χ2v) is 4.92. The van der Waals surface area contributed by atoms with E-state index in [2.05, 4.69) is 11.8 Å². The Bertz CT molecular complexity index is 104. The fraction of sp³-hybridized carbons (Fsp3) is 1.00. The summed E-state index contributed by atoms with van der Waals surface area (Å²) < 4.78 is 5.55. The Labute approximate surface area is 72.9 Å². The van der Waals surface area contributed by atoms with Crippen molar-refractivity contribution in [1.29, 1.82) is 0 Å². The molecule has 2 heteroatoms. The van der Waals surface area contributed by atoms with Crippen LogP contribution < -0.4 is 0 Å². The molecule has 0 aliphatic carbocycles. The molecule has 11 heavy (non-hydrogen) atoms. The number of hydrogen-bond donors (Lipinski definition) is 0. The fourth-order valence-corrected chi connectivity index (χ4v) is 3.43. The minimum Gasteiger partial charge on any atom is -0.381 e. The molecule has 64 valence electrons. The minimum atomic E-state index is 0.598. The van der Waals surface area contributed by atoms with Crippen molar-refractivity contribution in [3.05, 3.63) is 0 Å². The molecule has 1 unspecified atom stereocenters. The zero-order valence-electron chi connectivity index (χ0n) is 6.97. The van der Waals surface area contributed by atoms with Crippen LogP contribution in [0.2, 0.25) is 0 Å². The average Bonchev–Trinajstić information content (AvgIpc) is 2.07. The molecule has 2 saturated heterocycles. The first kappa shape index (κ1) is 7.93. The van der Waals surface area contributed by atoms with Gasteiger partial charge in [-0.05, 0) is 31.4 Å². The van der Waals surface area contributed by atoms with Crippen LogP contribution in [0.1, 0.15) is 25.7 Å². The second-order valence-electron chi connectivity index (χ2n) is 3.81. The predicted molar refractivity (Wildman–Crippen MR) is 49.0 cm³/mol. The lowest BCUT2D eigenvalue weighted by atomic mass is 9.80. The van der Waals surface area contributed by atoms with Gasteiger partial charge in [-0.15, -0.1) is 0 Å². The monoisotopic (exact) mass is 172 g/mol. The molecule has 1 atom stereocenters. The molecule has 2 heterocycles. The Kier molecular flexibility index (Phi) is 2.42. The third-order valence-corrected chi connectivity index (χ3v) is 4.20. The van der Waals surface area contributed by atoms with Crippen LogP contribution in [0.5, 0.6) is 0 Å². The summed E-state index contributed by atoms with van der Waals surface area (Å²) in [4.78, 5) is 0. The highest BCUT2D eigenvalue weighted by Gasteiger charge is 2.34. The van der Waals surface area contributed by atoms with Crippen molar-refractivity contribution in [1.82, 2.24) is 0 Å². The lowest BCUT2D eigenvalue weighted by Crippen LogP contribution is -2.36. The van der Waals surface area contributed by atoms with E-state index in [4.69, 9.17) is 4.74 Å². The van der Waals surface area contributed by atoms with Crippen LogP contribution in [0.15, 0.2) is 0 Å². The lowest BCUT2D eigenvalue weighted by Gasteiger charge is -2.39. The number of ether oxygens (including phenoxy) is 1. The average molecular weight is 172 g/mol. The number of thioether (sulfide) groups is 1. The highest BCUT2D eigenvalue weighted by atomic mass is 32.2. The Morgan fingerprint density at radius 3 is 2.73 bits per heavy atom. The van der Waals surface area contributed by atoms with E-state index in [1.54, 1.807) is 0 Å². The lowest BCUT2D eigenvalue weighted by molar-refractivity contribution is -0.000802. The Morgan fingerprint density at radius 1 is 1.18 bits per heavy atom. The third-order valence-electron chi connectivity index (χ3n) is 2.81. The molecule has 2 aliphatic rings. The largest absolute Gasteiger partial charge is 0.381 e. The van der Waals surface area contributed by atoms with Crippen molar-refractivity contribution in [2.75, 3.05) is 24.7 Å². The van der Waals surface area contributed by atoms with Crippen molar-refractivity contribution in [2.45, 2.75) is 25.7 Å². The first-order valence-corrected chi connectivity index (χ1v) is 5.72. The van der Waals surface area contributed by atoms with E-state index >= 15 is 0 Å². The molecular weight excluding hydrogens is 156 g/mol. The van der Waals surface area contributed by atoms with Crippen LogP contribution in [0.25, 0.3) is 0 Å². The molecule has 2 aliphatic heterocycles. The predicted octanol–water partition coefficient (Wildman–Crippen LogP) is 2.31. The van der Waals surface area contributed by atoms with E-state index in [0.29, 0.717) is 5.41 Å². The first-order valence-electron chi connectivity index (χ1n) is 4.57. The van der Waals surface area contributed by atoms with Crippen LogP contribution in [0.3, 0.4) is 0 Å². The van der Waals surface area contributed by atoms with Crippen LogP contribution in [0, 0.1) is 5.41 Å². The maximum atomic E-state index is 5.55. The molecule has 0 amide bonds. The topological polar surface area (TPSA) is 9.23 Å². The van der Waals surface area contributed by atoms with Gasteiger partial charge in [-0.1, -0.05) is 0 Å². The number of rotatable bonds is 0. The van der Waals surface area contributed by atoms with E-state index in [9.17, 15) is 0 Å². The van der Waals surface area contributed by atoms with Crippen molar-refractivity contribution >= 4 is 11.8 Å². The summed E-state index contributed by atoms with van der Waals surface area (Å²) >= 11 is 2.12. The SMILES string of the molecule is C1COCC2(C1)CCCSC2. The second kappa shape index (κ2) is 3.36. The van der Waals surface area contributed by atoms with E-state index in [0.717, 1.165) is 13.2 Å². The van der Waals surface area contributed by atoms with Gasteiger partial charge in [0.25, 0.3) is 0 Å². The van der Waals surface area contributed by atoms with Gasteiger partial charge in [-0.25, -0.2) is 0 Å². The maximum absolute atomic E-state index is 5.55. The highest BCUT2D eigenvalue weighted by Crippen LogP contribution is 2.40. The van der Waals surface area contributed by atoms with Crippen molar-refractivity contribution in [3.8, 4) is 0 Å². The van der Waals surface area contributed by atoms with Gasteiger partial charge < -0.3 is 4.74 Å². The molecule has 1 nitrogen and oxygen atoms in total. The van der Waals surface area contributed by atoms with Gasteiger partial charge in [-0.3, -0.25) is 0 Å². The summed E-state index contributed by atoms with van der Waals surface area (Å²) in [5.74, 6) is 2.73. The molecule has 0 radical (unpaired) electrons. The molecule has 0 N–H and O–H groups in total. The van der Waals surface area contributed by atoms with Crippen molar-refractivity contribution in [3.63, 3.8) is 0 Å². The zero-order chi connectivity index (χ0) is 7.57. The smallest absolute Gasteiger partial charge is 0.0530 e. The summed E-state index contributed by atoms with van der Waals surface area (Å²) in [7, 11) is 0. The van der Waals surface area contributed by atoms with Gasteiger partial charge in [0.2, 0.25) is 0 Å². The van der Waals surface area contributed by atoms with E-state index in [-0.39, 0.29) is 0 Å². The molecular formula is C9H16OS. The summed E-state index contributed by atoms with van der Waals surface area (Å²) in [6.45, 7) is 2.05. The Hall–Kier alpha value is 0.310. The molecule has 2 fully saturated rings. The molecule has 0 saturated carbocycles. The van der Waals surface area contributed by atoms with Gasteiger partial charge in [0.1, 0.15) is 0 Å². The van der Waals surface area contributed by atoms with Gasteiger partial charge >= 0.3 is 0 Å². The summed E-state index contributed by atoms with van der Waals surface area (Å²) in [6, 6.07) is 0. The zero-order valence-corrected chi connectivity index (χ0v) is 7.79. The van der Waals surface area contributed by atoms with Crippen molar-refractivity contribution < 1.29 is 4.74 Å². The maximum Gasteiger partial charge on any atom is 0.0530 e. The Morgan fingerprint density at radius 2 is 2.09 bits per heavy atom. The van der Waals surface area contributed by atoms with Crippen molar-refractivity contribution in [2.24, 2.45) is 5.41 Å². The van der Waals surface area contributed by atoms with Gasteiger partial charge in [0.05, 0.1) is 6.61 Å². The van der Waals surface area contributed by atoms with Gasteiger partial charge in [0, 0.05) is 17.8 Å². The van der Waals surface area contributed by atoms with E-state index in [1.165, 1.54) is 37.2 Å². The standard InChI is InChI=1S/C9H16OS/c1-3-9(7-10-5-1)4-2-6-11-8-9/h1-8H2. The third kappa shape index (κ3) is 1.73. The highest BCUT2D eigenvalue weighted by molar-refractivity contribution is 7.99. The minimum absolute atomic E-state index is 0.598. The molecule has 1 spiro atoms. The quantitative estimate of drug-likeness (QED) is 0.554. The van der Waals surface area contributed by atoms with Gasteiger partial charge in [0.15, 0.2) is 0 Å². The fourth-order valence-electron chi connectivity index (χ4n) is 2.13. The molecule has 0 aromatic carbocycles. The van der Waals surface area contributed by atoms with Crippen LogP contribution in [0.4, 0.5) is 0 Å². The van der Waals surface area contributed by atoms with E-state index < -0.39 is 0 Å². The first-order chi connectivity index (χ1) is 5.41. The van der Waals surface area contributed by atoms with Crippen LogP contribution in [-0.2, 0) is 4.74 Å². The van der Waals surface area contributed by atoms with Gasteiger partial charge in [-0.2, -0.15) is 11.8 Å². The normalized spacial score (nSPS) is 39.3. The molecule has 0 bridgehead atoms. The van der Waals surface area contributed by atoms with Crippen LogP contribution >= 0.6 is 11.8 Å². The molecule has 0 aromatic heterocycles. The molecule has 0 aromatic rings. The van der Waals surface area contributed by atoms with Crippen LogP contribution in [-0.4, -0.2) is 24.7 Å². The summed E-state index contributed by atoms with van der Waals surface area (Å²) in [5.41, 5.74) is 0.598. The summed E-state index contributed by atoms with van der Waals surface area (Å²) in [6.07, 6.45) is 5.54. The number of hydrogen-bond acceptors (Lipinski definition) is 2.